The minimum Gasteiger partial charge on any atom is -0.480 e. The van der Waals surface area contributed by atoms with Crippen LogP contribution in [0.1, 0.15) is 33.1 Å². The standard InChI is InChI=1S/C28H56N8O13P2/c1-3-29-28(43)23(7-5-6-8-30-24(37)17-36(21-50(44,45)46)22-51(47,48)49)31-25(38)18-33-11-9-32(4-2)10-12-34(19-26(39)40)15-16-35(14-13-33)20-27(41)42/h23H,3-22H2,1-2H3,(H,29,43)(H,30,37)(H,31,38)(H,39,40)(H,41,42)(H2,44,45,46)(H2,47,48,49)/t23-/m1/s1. The van der Waals surface area contributed by atoms with Crippen LogP contribution in [-0.2, 0) is 33.1 Å². The van der Waals surface area contributed by atoms with Gasteiger partial charge < -0.3 is 50.6 Å². The van der Waals surface area contributed by atoms with Gasteiger partial charge in [-0.3, -0.25) is 52.7 Å². The number of carboxylic acid groups (broad SMARTS) is 2. The molecule has 0 saturated carbocycles. The number of likely N-dealkylation sites (N-methyl/N-ethyl adjacent to an activating group) is 2. The third kappa shape index (κ3) is 23.6. The molecule has 0 aromatic heterocycles. The van der Waals surface area contributed by atoms with Gasteiger partial charge in [0.2, 0.25) is 17.7 Å². The Kier molecular flexibility index (Phi) is 21.8. The number of nitrogens with one attached hydrogen (secondary N) is 3. The second-order valence-corrected chi connectivity index (χ2v) is 15.6. The van der Waals surface area contributed by atoms with E-state index in [2.05, 4.69) is 20.9 Å². The zero-order valence-electron chi connectivity index (χ0n) is 29.4. The monoisotopic (exact) mass is 774 g/mol. The number of aliphatic carboxylic acids is 2. The number of amides is 3. The van der Waals surface area contributed by atoms with Crippen LogP contribution in [-0.4, -0.2) is 201 Å². The predicted molar refractivity (Wildman–Crippen MR) is 185 cm³/mol. The summed E-state index contributed by atoms with van der Waals surface area (Å²) in [4.78, 5) is 106. The molecule has 21 nitrogen and oxygen atoms in total. The molecular formula is C28H56N8O13P2. The average Bonchev–Trinajstić information content (AvgIpc) is 2.98. The molecule has 0 aromatic carbocycles. The Hall–Kier alpha value is -2.55. The van der Waals surface area contributed by atoms with Crippen LogP contribution in [0, 0.1) is 0 Å². The van der Waals surface area contributed by atoms with Gasteiger partial charge in [-0.2, -0.15) is 0 Å². The van der Waals surface area contributed by atoms with E-state index in [1.807, 2.05) is 11.8 Å². The summed E-state index contributed by atoms with van der Waals surface area (Å²) in [7, 11) is -9.39. The first-order valence-corrected chi connectivity index (χ1v) is 20.4. The molecular weight excluding hydrogens is 718 g/mol. The maximum absolute atomic E-state index is 13.3. The van der Waals surface area contributed by atoms with Crippen LogP contribution in [0.15, 0.2) is 0 Å². The molecule has 0 aliphatic carbocycles. The Balaban J connectivity index is 2.82. The Labute approximate surface area is 298 Å². The van der Waals surface area contributed by atoms with Crippen molar-refractivity contribution in [2.75, 3.05) is 111 Å². The second-order valence-electron chi connectivity index (χ2n) is 12.4. The summed E-state index contributed by atoms with van der Waals surface area (Å²) in [6, 6.07) is -0.890. The normalized spacial score (nSPS) is 17.2. The highest BCUT2D eigenvalue weighted by Crippen LogP contribution is 2.40. The fraction of sp³-hybridized carbons (Fsp3) is 0.821. The summed E-state index contributed by atoms with van der Waals surface area (Å²) >= 11 is 0. The molecule has 9 N–H and O–H groups in total. The highest BCUT2D eigenvalue weighted by molar-refractivity contribution is 7.52. The third-order valence-electron chi connectivity index (χ3n) is 7.84. The third-order valence-corrected chi connectivity index (χ3v) is 9.38. The van der Waals surface area contributed by atoms with Crippen molar-refractivity contribution in [3.05, 3.63) is 0 Å². The number of carboxylic acids is 2. The van der Waals surface area contributed by atoms with Crippen LogP contribution in [0.25, 0.3) is 0 Å². The molecule has 0 spiro atoms. The van der Waals surface area contributed by atoms with E-state index in [1.54, 1.807) is 16.7 Å². The van der Waals surface area contributed by atoms with E-state index in [4.69, 9.17) is 19.6 Å². The van der Waals surface area contributed by atoms with Crippen molar-refractivity contribution in [2.24, 2.45) is 0 Å². The Morgan fingerprint density at radius 2 is 1.12 bits per heavy atom. The summed E-state index contributed by atoms with van der Waals surface area (Å²) in [6.07, 6.45) is -1.06. The molecule has 1 aliphatic heterocycles. The largest absolute Gasteiger partial charge is 0.480 e. The maximum atomic E-state index is 13.3. The maximum Gasteiger partial charge on any atom is 0.339 e. The lowest BCUT2D eigenvalue weighted by Gasteiger charge is -2.33. The zero-order valence-corrected chi connectivity index (χ0v) is 31.2. The SMILES string of the molecule is CCNC(=O)[C@@H](CCCCNC(=O)CN(CP(=O)(O)O)CP(=O)(O)O)NC(=O)CN1CCN(CC)CCN(CC(=O)O)CCN(CC(=O)O)CC1. The van der Waals surface area contributed by atoms with E-state index in [9.17, 15) is 43.3 Å². The van der Waals surface area contributed by atoms with Gasteiger partial charge >= 0.3 is 27.1 Å². The molecule has 51 heavy (non-hydrogen) atoms. The van der Waals surface area contributed by atoms with Gasteiger partial charge in [-0.05, 0) is 32.7 Å². The smallest absolute Gasteiger partial charge is 0.339 e. The molecule has 1 fully saturated rings. The fourth-order valence-corrected chi connectivity index (χ4v) is 6.99. The van der Waals surface area contributed by atoms with Crippen molar-refractivity contribution in [3.63, 3.8) is 0 Å². The number of rotatable bonds is 21. The van der Waals surface area contributed by atoms with Gasteiger partial charge in [0.15, 0.2) is 0 Å². The lowest BCUT2D eigenvalue weighted by atomic mass is 10.1. The van der Waals surface area contributed by atoms with Crippen molar-refractivity contribution in [2.45, 2.75) is 39.2 Å². The van der Waals surface area contributed by atoms with Gasteiger partial charge in [-0.1, -0.05) is 6.92 Å². The number of carbonyl (C=O) groups excluding carboxylic acids is 3. The first-order chi connectivity index (χ1) is 23.8. The molecule has 1 aliphatic rings. The Morgan fingerprint density at radius 1 is 0.667 bits per heavy atom. The van der Waals surface area contributed by atoms with Crippen molar-refractivity contribution < 1.29 is 62.9 Å². The van der Waals surface area contributed by atoms with E-state index < -0.39 is 70.0 Å². The molecule has 296 valence electrons. The lowest BCUT2D eigenvalue weighted by Crippen LogP contribution is -2.52. The van der Waals surface area contributed by atoms with Crippen molar-refractivity contribution in [1.29, 1.82) is 0 Å². The van der Waals surface area contributed by atoms with Crippen LogP contribution in [0.2, 0.25) is 0 Å². The van der Waals surface area contributed by atoms with Gasteiger partial charge in [0.25, 0.3) is 0 Å². The van der Waals surface area contributed by atoms with E-state index in [0.29, 0.717) is 83.2 Å². The van der Waals surface area contributed by atoms with Crippen molar-refractivity contribution in [1.82, 2.24) is 40.4 Å². The number of unbranched alkanes of at least 4 members (excludes halogenated alkanes) is 1. The van der Waals surface area contributed by atoms with Crippen LogP contribution >= 0.6 is 15.2 Å². The first-order valence-electron chi connectivity index (χ1n) is 16.8. The number of nitrogens with zero attached hydrogens (tertiary/aromatic N) is 5. The molecule has 0 aromatic rings. The van der Waals surface area contributed by atoms with E-state index in [1.165, 1.54) is 0 Å². The molecule has 1 heterocycles. The van der Waals surface area contributed by atoms with Gasteiger partial charge in [0.1, 0.15) is 18.6 Å². The quantitative estimate of drug-likeness (QED) is 0.0412. The van der Waals surface area contributed by atoms with Crippen LogP contribution in [0.4, 0.5) is 0 Å². The lowest BCUT2D eigenvalue weighted by molar-refractivity contribution is -0.140. The summed E-state index contributed by atoms with van der Waals surface area (Å²) in [6.45, 7) is 7.16. The fourth-order valence-electron chi connectivity index (χ4n) is 5.39. The van der Waals surface area contributed by atoms with Gasteiger partial charge in [-0.25, -0.2) is 0 Å². The first kappa shape index (κ1) is 46.5. The molecule has 3 amide bonds. The Morgan fingerprint density at radius 3 is 1.53 bits per heavy atom. The second kappa shape index (κ2) is 23.9. The van der Waals surface area contributed by atoms with Crippen LogP contribution in [0.3, 0.4) is 0 Å². The molecule has 1 atom stereocenters. The Bertz CT molecular complexity index is 1200. The molecule has 1 rings (SSSR count). The van der Waals surface area contributed by atoms with Crippen LogP contribution in [0.5, 0.6) is 0 Å². The average molecular weight is 775 g/mol. The summed E-state index contributed by atoms with van der Waals surface area (Å²) in [5.41, 5.74) is 0. The molecule has 0 bridgehead atoms. The predicted octanol–water partition coefficient (Wildman–Crippen LogP) is -3.12. The van der Waals surface area contributed by atoms with E-state index >= 15 is 0 Å². The van der Waals surface area contributed by atoms with Crippen molar-refractivity contribution >= 4 is 44.9 Å². The zero-order chi connectivity index (χ0) is 38.6. The van der Waals surface area contributed by atoms with E-state index in [0.717, 1.165) is 0 Å². The number of hydrogen-bond acceptors (Lipinski definition) is 12. The van der Waals surface area contributed by atoms with Gasteiger partial charge in [0.05, 0.1) is 26.2 Å². The summed E-state index contributed by atoms with van der Waals surface area (Å²) in [5.74, 6) is -3.52. The molecule has 23 heteroatoms. The number of carbonyl (C=O) groups is 5. The molecule has 1 saturated heterocycles. The van der Waals surface area contributed by atoms with Gasteiger partial charge in [-0.15, -0.1) is 0 Å². The molecule has 0 radical (unpaired) electrons. The highest BCUT2D eigenvalue weighted by Gasteiger charge is 2.28. The van der Waals surface area contributed by atoms with Gasteiger partial charge in [0, 0.05) is 65.4 Å². The van der Waals surface area contributed by atoms with Crippen LogP contribution < -0.4 is 16.0 Å². The van der Waals surface area contributed by atoms with E-state index in [-0.39, 0.29) is 32.6 Å². The summed E-state index contributed by atoms with van der Waals surface area (Å²) in [5, 5.41) is 26.7. The van der Waals surface area contributed by atoms with Crippen molar-refractivity contribution in [3.8, 4) is 0 Å². The minimum atomic E-state index is -4.70. The summed E-state index contributed by atoms with van der Waals surface area (Å²) < 4.78 is 22.6. The topological polar surface area (TPSA) is 293 Å². The molecule has 0 unspecified atom stereocenters. The highest BCUT2D eigenvalue weighted by atomic mass is 31.2. The number of hydrogen-bond donors (Lipinski definition) is 9. The minimum absolute atomic E-state index is 0.0602.